The van der Waals surface area contributed by atoms with Crippen LogP contribution in [-0.2, 0) is 11.2 Å². The molecule has 0 atom stereocenters. The third-order valence-electron chi connectivity index (χ3n) is 3.14. The Morgan fingerprint density at radius 3 is 2.65 bits per heavy atom. The SMILES string of the molecule is COC(=N)CCCc1cc(C(C)C)ccc1C. The maximum absolute atomic E-state index is 7.45. The van der Waals surface area contributed by atoms with Crippen molar-refractivity contribution in [1.82, 2.24) is 0 Å². The minimum atomic E-state index is 0.377. The minimum absolute atomic E-state index is 0.377. The Morgan fingerprint density at radius 2 is 2.06 bits per heavy atom. The zero-order valence-corrected chi connectivity index (χ0v) is 11.3. The first kappa shape index (κ1) is 13.8. The number of aryl methyl sites for hydroxylation is 2. The predicted molar refractivity (Wildman–Crippen MR) is 72.9 cm³/mol. The molecule has 0 heterocycles. The highest BCUT2D eigenvalue weighted by atomic mass is 16.5. The van der Waals surface area contributed by atoms with Gasteiger partial charge in [-0.2, -0.15) is 0 Å². The van der Waals surface area contributed by atoms with E-state index in [9.17, 15) is 0 Å². The number of benzene rings is 1. The Kier molecular flexibility index (Phi) is 5.20. The Balaban J connectivity index is 2.63. The Labute approximate surface area is 105 Å². The first-order chi connectivity index (χ1) is 8.04. The fourth-order valence-electron chi connectivity index (χ4n) is 1.86. The molecule has 94 valence electrons. The van der Waals surface area contributed by atoms with Crippen molar-refractivity contribution in [3.05, 3.63) is 34.9 Å². The first-order valence-electron chi connectivity index (χ1n) is 6.25. The second-order valence-corrected chi connectivity index (χ2v) is 4.82. The summed E-state index contributed by atoms with van der Waals surface area (Å²) in [5, 5.41) is 7.45. The van der Waals surface area contributed by atoms with Crippen molar-refractivity contribution in [2.45, 2.75) is 46.0 Å². The molecule has 0 aromatic heterocycles. The van der Waals surface area contributed by atoms with E-state index in [-0.39, 0.29) is 0 Å². The van der Waals surface area contributed by atoms with Gasteiger partial charge in [0, 0.05) is 6.42 Å². The zero-order chi connectivity index (χ0) is 12.8. The van der Waals surface area contributed by atoms with Gasteiger partial charge in [-0.05, 0) is 42.4 Å². The fourth-order valence-corrected chi connectivity index (χ4v) is 1.86. The van der Waals surface area contributed by atoms with E-state index < -0.39 is 0 Å². The lowest BCUT2D eigenvalue weighted by Gasteiger charge is -2.11. The van der Waals surface area contributed by atoms with Crippen molar-refractivity contribution >= 4 is 5.90 Å². The highest BCUT2D eigenvalue weighted by Crippen LogP contribution is 2.20. The standard InChI is InChI=1S/C15H23NO/c1-11(2)13-9-8-12(3)14(10-13)6-5-7-15(16)17-4/h8-11,16H,5-7H2,1-4H3. The van der Waals surface area contributed by atoms with E-state index in [0.717, 1.165) is 19.3 Å². The normalized spacial score (nSPS) is 10.6. The van der Waals surface area contributed by atoms with Crippen LogP contribution in [0.15, 0.2) is 18.2 Å². The molecule has 0 aliphatic carbocycles. The summed E-state index contributed by atoms with van der Waals surface area (Å²) in [4.78, 5) is 0. The molecule has 1 aromatic carbocycles. The van der Waals surface area contributed by atoms with Gasteiger partial charge in [-0.1, -0.05) is 32.0 Å². The summed E-state index contributed by atoms with van der Waals surface area (Å²) in [5.41, 5.74) is 4.14. The number of hydrogen-bond acceptors (Lipinski definition) is 2. The van der Waals surface area contributed by atoms with Crippen LogP contribution in [0.4, 0.5) is 0 Å². The molecule has 0 saturated carbocycles. The highest BCUT2D eigenvalue weighted by Gasteiger charge is 2.04. The largest absolute Gasteiger partial charge is 0.484 e. The molecule has 0 bridgehead atoms. The van der Waals surface area contributed by atoms with E-state index in [2.05, 4.69) is 39.0 Å². The summed E-state index contributed by atoms with van der Waals surface area (Å²) in [5.74, 6) is 0.953. The molecule has 0 amide bonds. The van der Waals surface area contributed by atoms with E-state index in [0.29, 0.717) is 11.8 Å². The van der Waals surface area contributed by atoms with Crippen LogP contribution in [0.3, 0.4) is 0 Å². The number of methoxy groups -OCH3 is 1. The van der Waals surface area contributed by atoms with Crippen LogP contribution in [0.2, 0.25) is 0 Å². The first-order valence-corrected chi connectivity index (χ1v) is 6.25. The Hall–Kier alpha value is -1.31. The van der Waals surface area contributed by atoms with Gasteiger partial charge in [0.25, 0.3) is 0 Å². The lowest BCUT2D eigenvalue weighted by Crippen LogP contribution is -2.01. The number of nitrogens with one attached hydrogen (secondary N) is 1. The molecule has 17 heavy (non-hydrogen) atoms. The third-order valence-corrected chi connectivity index (χ3v) is 3.14. The molecule has 2 nitrogen and oxygen atoms in total. The van der Waals surface area contributed by atoms with Crippen molar-refractivity contribution in [2.75, 3.05) is 7.11 Å². The second kappa shape index (κ2) is 6.43. The molecule has 0 unspecified atom stereocenters. The van der Waals surface area contributed by atoms with Gasteiger partial charge < -0.3 is 4.74 Å². The van der Waals surface area contributed by atoms with E-state index in [1.807, 2.05) is 0 Å². The van der Waals surface area contributed by atoms with E-state index in [1.165, 1.54) is 16.7 Å². The van der Waals surface area contributed by atoms with E-state index >= 15 is 0 Å². The zero-order valence-electron chi connectivity index (χ0n) is 11.3. The van der Waals surface area contributed by atoms with Crippen LogP contribution < -0.4 is 0 Å². The Bertz CT molecular complexity index is 383. The Morgan fingerprint density at radius 1 is 1.35 bits per heavy atom. The van der Waals surface area contributed by atoms with Gasteiger partial charge >= 0.3 is 0 Å². The van der Waals surface area contributed by atoms with Crippen LogP contribution in [0.25, 0.3) is 0 Å². The molecule has 0 radical (unpaired) electrons. The van der Waals surface area contributed by atoms with Crippen molar-refractivity contribution in [2.24, 2.45) is 0 Å². The molecule has 1 N–H and O–H groups in total. The average molecular weight is 233 g/mol. The lowest BCUT2D eigenvalue weighted by molar-refractivity contribution is 0.384. The quantitative estimate of drug-likeness (QED) is 0.603. The summed E-state index contributed by atoms with van der Waals surface area (Å²) in [6.07, 6.45) is 2.73. The minimum Gasteiger partial charge on any atom is -0.484 e. The fraction of sp³-hybridized carbons (Fsp3) is 0.533. The monoisotopic (exact) mass is 233 g/mol. The van der Waals surface area contributed by atoms with Crippen molar-refractivity contribution < 1.29 is 4.74 Å². The molecule has 1 aromatic rings. The molecule has 0 spiro atoms. The van der Waals surface area contributed by atoms with E-state index in [1.54, 1.807) is 7.11 Å². The van der Waals surface area contributed by atoms with Crippen molar-refractivity contribution in [3.63, 3.8) is 0 Å². The van der Waals surface area contributed by atoms with Crippen LogP contribution in [-0.4, -0.2) is 13.0 Å². The number of rotatable bonds is 5. The van der Waals surface area contributed by atoms with Crippen LogP contribution in [0.5, 0.6) is 0 Å². The van der Waals surface area contributed by atoms with Crippen LogP contribution in [0, 0.1) is 12.3 Å². The van der Waals surface area contributed by atoms with Gasteiger partial charge in [-0.25, -0.2) is 0 Å². The van der Waals surface area contributed by atoms with Gasteiger partial charge in [0.1, 0.15) is 0 Å². The van der Waals surface area contributed by atoms with Crippen LogP contribution >= 0.6 is 0 Å². The third kappa shape index (κ3) is 4.22. The van der Waals surface area contributed by atoms with E-state index in [4.69, 9.17) is 10.1 Å². The summed E-state index contributed by atoms with van der Waals surface area (Å²) in [6.45, 7) is 6.59. The molecule has 0 aliphatic rings. The molecule has 2 heteroatoms. The van der Waals surface area contributed by atoms with Crippen LogP contribution in [0.1, 0.15) is 49.3 Å². The predicted octanol–water partition coefficient (Wildman–Crippen LogP) is 4.06. The van der Waals surface area contributed by atoms with Crippen molar-refractivity contribution in [1.29, 1.82) is 5.41 Å². The topological polar surface area (TPSA) is 33.1 Å². The number of ether oxygens (including phenoxy) is 1. The molecule has 0 saturated heterocycles. The molecular formula is C15H23NO. The van der Waals surface area contributed by atoms with Gasteiger partial charge in [0.2, 0.25) is 0 Å². The van der Waals surface area contributed by atoms with Gasteiger partial charge in [0.15, 0.2) is 5.90 Å². The smallest absolute Gasteiger partial charge is 0.180 e. The molecule has 0 fully saturated rings. The maximum Gasteiger partial charge on any atom is 0.180 e. The summed E-state index contributed by atoms with van der Waals surface area (Å²) in [6, 6.07) is 6.71. The average Bonchev–Trinajstić information content (AvgIpc) is 2.30. The summed E-state index contributed by atoms with van der Waals surface area (Å²) in [7, 11) is 1.56. The number of hydrogen-bond donors (Lipinski definition) is 1. The van der Waals surface area contributed by atoms with Gasteiger partial charge in [-0.15, -0.1) is 0 Å². The maximum atomic E-state index is 7.45. The van der Waals surface area contributed by atoms with Crippen molar-refractivity contribution in [3.8, 4) is 0 Å². The lowest BCUT2D eigenvalue weighted by atomic mass is 9.95. The molecule has 0 aliphatic heterocycles. The second-order valence-electron chi connectivity index (χ2n) is 4.82. The summed E-state index contributed by atoms with van der Waals surface area (Å²) < 4.78 is 4.86. The van der Waals surface area contributed by atoms with Gasteiger partial charge in [-0.3, -0.25) is 5.41 Å². The molecule has 1 rings (SSSR count). The highest BCUT2D eigenvalue weighted by molar-refractivity contribution is 5.72. The summed E-state index contributed by atoms with van der Waals surface area (Å²) >= 11 is 0. The van der Waals surface area contributed by atoms with Gasteiger partial charge in [0.05, 0.1) is 7.11 Å². The molecular weight excluding hydrogens is 210 g/mol.